The summed E-state index contributed by atoms with van der Waals surface area (Å²) >= 11 is 1.16. The third-order valence-electron chi connectivity index (χ3n) is 5.59. The van der Waals surface area contributed by atoms with Gasteiger partial charge in [0.25, 0.3) is 0 Å². The standard InChI is InChI=1S/C21H21F3N6O3S/c1-12(31)29-20(13-4-3-5-14(10-13)21(22,23)24)6-8-30(9-7-20)19(32)28-18-26-15-11-25-17(33-2)27-16(15)34-18/h3-5,10-11H,6-9H2,1-2H3,(H,29,31)(H,26,28,32). The molecule has 9 nitrogen and oxygen atoms in total. The SMILES string of the molecule is COc1ncc2nc(NC(=O)N3CCC(NC(C)=O)(c4cccc(C(F)(F)F)c4)CC3)sc2n1. The minimum absolute atomic E-state index is 0.189. The van der Waals surface area contributed by atoms with Gasteiger partial charge in [-0.05, 0) is 30.5 Å². The van der Waals surface area contributed by atoms with Gasteiger partial charge < -0.3 is 15.0 Å². The van der Waals surface area contributed by atoms with Crippen LogP contribution in [-0.2, 0) is 16.5 Å². The highest BCUT2D eigenvalue weighted by Gasteiger charge is 2.40. The van der Waals surface area contributed by atoms with Crippen LogP contribution in [0.15, 0.2) is 30.5 Å². The van der Waals surface area contributed by atoms with Crippen molar-refractivity contribution in [1.82, 2.24) is 25.2 Å². The van der Waals surface area contributed by atoms with Crippen LogP contribution in [0.25, 0.3) is 10.3 Å². The number of anilines is 1. The molecular weight excluding hydrogens is 473 g/mol. The van der Waals surface area contributed by atoms with Gasteiger partial charge in [0.15, 0.2) is 9.96 Å². The van der Waals surface area contributed by atoms with Crippen molar-refractivity contribution < 1.29 is 27.5 Å². The molecule has 2 aromatic heterocycles. The molecule has 0 radical (unpaired) electrons. The number of hydrogen-bond donors (Lipinski definition) is 2. The van der Waals surface area contributed by atoms with E-state index in [1.54, 1.807) is 6.07 Å². The van der Waals surface area contributed by atoms with Crippen molar-refractivity contribution in [2.24, 2.45) is 0 Å². The van der Waals surface area contributed by atoms with E-state index in [1.807, 2.05) is 0 Å². The number of nitrogens with zero attached hydrogens (tertiary/aromatic N) is 4. The van der Waals surface area contributed by atoms with Crippen molar-refractivity contribution >= 4 is 38.8 Å². The Hall–Kier alpha value is -3.48. The highest BCUT2D eigenvalue weighted by molar-refractivity contribution is 7.21. The molecule has 0 atom stereocenters. The summed E-state index contributed by atoms with van der Waals surface area (Å²) in [7, 11) is 1.45. The quantitative estimate of drug-likeness (QED) is 0.572. The third kappa shape index (κ3) is 4.88. The fourth-order valence-electron chi connectivity index (χ4n) is 3.95. The number of likely N-dealkylation sites (tertiary alicyclic amines) is 1. The average Bonchev–Trinajstić information content (AvgIpc) is 3.19. The van der Waals surface area contributed by atoms with Gasteiger partial charge in [0.1, 0.15) is 5.52 Å². The molecule has 2 N–H and O–H groups in total. The van der Waals surface area contributed by atoms with Crippen LogP contribution in [0.3, 0.4) is 0 Å². The lowest BCUT2D eigenvalue weighted by molar-refractivity contribution is -0.137. The number of methoxy groups -OCH3 is 1. The number of amides is 3. The lowest BCUT2D eigenvalue weighted by Crippen LogP contribution is -2.54. The Kier molecular flexibility index (Phi) is 6.30. The molecule has 180 valence electrons. The van der Waals surface area contributed by atoms with E-state index in [9.17, 15) is 22.8 Å². The van der Waals surface area contributed by atoms with E-state index in [-0.39, 0.29) is 37.8 Å². The molecule has 3 heterocycles. The third-order valence-corrected chi connectivity index (χ3v) is 6.47. The number of nitrogens with one attached hydrogen (secondary N) is 2. The van der Waals surface area contributed by atoms with E-state index in [1.165, 1.54) is 31.2 Å². The largest absolute Gasteiger partial charge is 0.467 e. The number of carbonyl (C=O) groups excluding carboxylic acids is 2. The summed E-state index contributed by atoms with van der Waals surface area (Å²) < 4.78 is 44.7. The molecule has 3 aromatic rings. The molecule has 34 heavy (non-hydrogen) atoms. The number of rotatable bonds is 4. The monoisotopic (exact) mass is 494 g/mol. The minimum Gasteiger partial charge on any atom is -0.467 e. The Balaban J connectivity index is 1.49. The Morgan fingerprint density at radius 1 is 1.21 bits per heavy atom. The molecule has 13 heteroatoms. The zero-order chi connectivity index (χ0) is 24.5. The van der Waals surface area contributed by atoms with Crippen molar-refractivity contribution in [3.63, 3.8) is 0 Å². The Morgan fingerprint density at radius 3 is 2.59 bits per heavy atom. The van der Waals surface area contributed by atoms with Crippen molar-refractivity contribution in [3.8, 4) is 6.01 Å². The lowest BCUT2D eigenvalue weighted by atomic mass is 9.80. The number of ether oxygens (including phenoxy) is 1. The van der Waals surface area contributed by atoms with E-state index in [2.05, 4.69) is 25.6 Å². The fourth-order valence-corrected chi connectivity index (χ4v) is 4.74. The van der Waals surface area contributed by atoms with Crippen LogP contribution >= 0.6 is 11.3 Å². The number of halogens is 3. The number of urea groups is 1. The Bertz CT molecular complexity index is 1220. The van der Waals surface area contributed by atoms with Crippen LogP contribution < -0.4 is 15.4 Å². The molecule has 0 aliphatic carbocycles. The van der Waals surface area contributed by atoms with E-state index in [4.69, 9.17) is 4.74 Å². The number of aromatic nitrogens is 3. The highest BCUT2D eigenvalue weighted by Crippen LogP contribution is 2.37. The van der Waals surface area contributed by atoms with Gasteiger partial charge in [0.2, 0.25) is 5.91 Å². The molecule has 3 amide bonds. The van der Waals surface area contributed by atoms with Crippen LogP contribution in [-0.4, -0.2) is 52.0 Å². The maximum absolute atomic E-state index is 13.2. The molecule has 4 rings (SSSR count). The van der Waals surface area contributed by atoms with Crippen molar-refractivity contribution in [1.29, 1.82) is 0 Å². The number of benzene rings is 1. The van der Waals surface area contributed by atoms with Gasteiger partial charge in [-0.15, -0.1) is 0 Å². The summed E-state index contributed by atoms with van der Waals surface area (Å²) in [5.74, 6) is -0.360. The smallest absolute Gasteiger partial charge is 0.416 e. The molecule has 1 aromatic carbocycles. The van der Waals surface area contributed by atoms with Crippen molar-refractivity contribution in [2.75, 3.05) is 25.5 Å². The summed E-state index contributed by atoms with van der Waals surface area (Å²) in [6.07, 6.45) is -2.50. The van der Waals surface area contributed by atoms with Gasteiger partial charge >= 0.3 is 18.2 Å². The zero-order valence-electron chi connectivity index (χ0n) is 18.3. The van der Waals surface area contributed by atoms with E-state index in [0.29, 0.717) is 21.0 Å². The summed E-state index contributed by atoms with van der Waals surface area (Å²) in [5.41, 5.74) is -0.929. The number of carbonyl (C=O) groups is 2. The number of thiazole rings is 1. The molecule has 0 bridgehead atoms. The van der Waals surface area contributed by atoms with Crippen molar-refractivity contribution in [2.45, 2.75) is 31.5 Å². The molecule has 0 unspecified atom stereocenters. The molecule has 1 fully saturated rings. The van der Waals surface area contributed by atoms with E-state index in [0.717, 1.165) is 23.5 Å². The molecule has 1 aliphatic heterocycles. The zero-order valence-corrected chi connectivity index (χ0v) is 19.1. The fraction of sp³-hybridized carbons (Fsp3) is 0.381. The molecule has 1 aliphatic rings. The first-order valence-corrected chi connectivity index (χ1v) is 11.1. The Labute approximate surface area is 196 Å². The predicted molar refractivity (Wildman–Crippen MR) is 119 cm³/mol. The van der Waals surface area contributed by atoms with Gasteiger partial charge in [0, 0.05) is 20.0 Å². The van der Waals surface area contributed by atoms with Crippen LogP contribution in [0.2, 0.25) is 0 Å². The molecular formula is C21H21F3N6O3S. The summed E-state index contributed by atoms with van der Waals surface area (Å²) in [6, 6.07) is 4.73. The maximum atomic E-state index is 13.2. The predicted octanol–water partition coefficient (Wildman–Crippen LogP) is 3.77. The second-order valence-electron chi connectivity index (χ2n) is 7.83. The minimum atomic E-state index is -4.50. The molecule has 1 saturated heterocycles. The number of piperidine rings is 1. The normalized spacial score (nSPS) is 15.7. The number of alkyl halides is 3. The first-order valence-electron chi connectivity index (χ1n) is 10.3. The van der Waals surface area contributed by atoms with E-state index < -0.39 is 23.3 Å². The highest BCUT2D eigenvalue weighted by atomic mass is 32.1. The van der Waals surface area contributed by atoms with Gasteiger partial charge in [-0.1, -0.05) is 23.5 Å². The van der Waals surface area contributed by atoms with Gasteiger partial charge in [-0.3, -0.25) is 10.1 Å². The summed E-state index contributed by atoms with van der Waals surface area (Å²) in [5, 5.41) is 5.88. The van der Waals surface area contributed by atoms with Crippen LogP contribution in [0, 0.1) is 0 Å². The van der Waals surface area contributed by atoms with Gasteiger partial charge in [-0.25, -0.2) is 14.8 Å². The summed E-state index contributed by atoms with van der Waals surface area (Å²) in [4.78, 5) is 39.2. The number of hydrogen-bond acceptors (Lipinski definition) is 7. The summed E-state index contributed by atoms with van der Waals surface area (Å²) in [6.45, 7) is 1.77. The van der Waals surface area contributed by atoms with Crippen molar-refractivity contribution in [3.05, 3.63) is 41.6 Å². The first-order chi connectivity index (χ1) is 16.1. The lowest BCUT2D eigenvalue weighted by Gasteiger charge is -2.42. The second kappa shape index (κ2) is 9.05. The maximum Gasteiger partial charge on any atom is 0.416 e. The molecule has 0 saturated carbocycles. The van der Waals surface area contributed by atoms with Gasteiger partial charge in [0.05, 0.1) is 24.4 Å². The van der Waals surface area contributed by atoms with Crippen LogP contribution in [0.1, 0.15) is 30.9 Å². The first kappa shape index (κ1) is 23.7. The van der Waals surface area contributed by atoms with E-state index >= 15 is 0 Å². The number of fused-ring (bicyclic) bond motifs is 1. The van der Waals surface area contributed by atoms with Gasteiger partial charge in [-0.2, -0.15) is 18.2 Å². The van der Waals surface area contributed by atoms with Crippen LogP contribution in [0.4, 0.5) is 23.1 Å². The van der Waals surface area contributed by atoms with Crippen LogP contribution in [0.5, 0.6) is 6.01 Å². The molecule has 0 spiro atoms. The second-order valence-corrected chi connectivity index (χ2v) is 8.80. The topological polar surface area (TPSA) is 109 Å². The average molecular weight is 494 g/mol. The Morgan fingerprint density at radius 2 is 1.94 bits per heavy atom.